The molecule has 19 heavy (non-hydrogen) atoms. The Bertz CT molecular complexity index is 597. The number of nitrogen functional groups attached to an aromatic ring is 1. The molecule has 1 rings (SSSR count). The van der Waals surface area contributed by atoms with E-state index in [2.05, 4.69) is 21.2 Å². The fourth-order valence-electron chi connectivity index (χ4n) is 1.19. The molecule has 0 fully saturated rings. The van der Waals surface area contributed by atoms with Crippen molar-refractivity contribution in [3.8, 4) is 0 Å². The molecular formula is C12H17BrN2O3S. The van der Waals surface area contributed by atoms with Gasteiger partial charge in [0.05, 0.1) is 4.75 Å². The van der Waals surface area contributed by atoms with Gasteiger partial charge in [-0.3, -0.25) is 4.79 Å². The molecule has 0 bridgehead atoms. The van der Waals surface area contributed by atoms with Crippen LogP contribution in [0.5, 0.6) is 0 Å². The molecule has 5 nitrogen and oxygen atoms in total. The number of benzene rings is 1. The number of anilines is 1. The second kappa shape index (κ2) is 5.50. The van der Waals surface area contributed by atoms with Gasteiger partial charge in [-0.05, 0) is 48.0 Å². The molecule has 0 heterocycles. The minimum Gasteiger partial charge on any atom is -0.398 e. The van der Waals surface area contributed by atoms with Crippen LogP contribution in [-0.2, 0) is 9.84 Å². The zero-order valence-corrected chi connectivity index (χ0v) is 13.4. The molecule has 106 valence electrons. The van der Waals surface area contributed by atoms with Crippen molar-refractivity contribution in [1.29, 1.82) is 0 Å². The van der Waals surface area contributed by atoms with E-state index in [-0.39, 0.29) is 12.5 Å². The van der Waals surface area contributed by atoms with E-state index >= 15 is 0 Å². The Morgan fingerprint density at radius 1 is 1.42 bits per heavy atom. The van der Waals surface area contributed by atoms with E-state index < -0.39 is 14.6 Å². The van der Waals surface area contributed by atoms with E-state index in [9.17, 15) is 13.2 Å². The third kappa shape index (κ3) is 3.94. The number of amides is 1. The van der Waals surface area contributed by atoms with Gasteiger partial charge in [0.15, 0.2) is 9.84 Å². The minimum absolute atomic E-state index is 0.0483. The van der Waals surface area contributed by atoms with E-state index in [1.807, 2.05) is 0 Å². The standard InChI is InChI=1S/C12H17BrN2O3S/c1-12(2,19(3,17)18)7-15-11(16)8-4-5-10(14)9(13)6-8/h4-6H,7,14H2,1-3H3,(H,15,16). The van der Waals surface area contributed by atoms with Gasteiger partial charge in [0.25, 0.3) is 5.91 Å². The van der Waals surface area contributed by atoms with Crippen molar-refractivity contribution in [2.45, 2.75) is 18.6 Å². The van der Waals surface area contributed by atoms with Crippen LogP contribution in [0.25, 0.3) is 0 Å². The zero-order chi connectivity index (χ0) is 14.8. The lowest BCUT2D eigenvalue weighted by Crippen LogP contribution is -2.43. The lowest BCUT2D eigenvalue weighted by Gasteiger charge is -2.22. The summed E-state index contributed by atoms with van der Waals surface area (Å²) in [6, 6.07) is 4.79. The van der Waals surface area contributed by atoms with Crippen molar-refractivity contribution in [1.82, 2.24) is 5.32 Å². The summed E-state index contributed by atoms with van der Waals surface area (Å²) in [5.74, 6) is -0.336. The molecule has 0 spiro atoms. The van der Waals surface area contributed by atoms with Crippen molar-refractivity contribution < 1.29 is 13.2 Å². The maximum Gasteiger partial charge on any atom is 0.251 e. The summed E-state index contributed by atoms with van der Waals surface area (Å²) in [6.07, 6.45) is 1.15. The average molecular weight is 349 g/mol. The van der Waals surface area contributed by atoms with Gasteiger partial charge < -0.3 is 11.1 Å². The van der Waals surface area contributed by atoms with E-state index in [0.29, 0.717) is 15.7 Å². The van der Waals surface area contributed by atoms with Gasteiger partial charge >= 0.3 is 0 Å². The number of hydrogen-bond donors (Lipinski definition) is 2. The molecule has 1 amide bonds. The van der Waals surface area contributed by atoms with Crippen LogP contribution < -0.4 is 11.1 Å². The fraction of sp³-hybridized carbons (Fsp3) is 0.417. The molecule has 0 unspecified atom stereocenters. The topological polar surface area (TPSA) is 89.3 Å². The summed E-state index contributed by atoms with van der Waals surface area (Å²) in [7, 11) is -3.24. The summed E-state index contributed by atoms with van der Waals surface area (Å²) in [5, 5.41) is 2.61. The highest BCUT2D eigenvalue weighted by molar-refractivity contribution is 9.10. The molecule has 0 aromatic heterocycles. The Hall–Kier alpha value is -1.08. The van der Waals surface area contributed by atoms with E-state index in [1.54, 1.807) is 32.0 Å². The van der Waals surface area contributed by atoms with Crippen LogP contribution in [0.4, 0.5) is 5.69 Å². The first-order valence-corrected chi connectivity index (χ1v) is 8.26. The first-order chi connectivity index (χ1) is 8.54. The normalized spacial score (nSPS) is 12.2. The molecule has 0 aliphatic carbocycles. The number of halogens is 1. The van der Waals surface area contributed by atoms with E-state index in [0.717, 1.165) is 6.26 Å². The largest absolute Gasteiger partial charge is 0.398 e. The molecular weight excluding hydrogens is 332 g/mol. The lowest BCUT2D eigenvalue weighted by molar-refractivity contribution is 0.0950. The van der Waals surface area contributed by atoms with Gasteiger partial charge in [-0.1, -0.05) is 0 Å². The molecule has 3 N–H and O–H groups in total. The second-order valence-electron chi connectivity index (χ2n) is 4.95. The minimum atomic E-state index is -3.24. The van der Waals surface area contributed by atoms with Crippen molar-refractivity contribution in [3.63, 3.8) is 0 Å². The highest BCUT2D eigenvalue weighted by atomic mass is 79.9. The van der Waals surface area contributed by atoms with Crippen LogP contribution in [-0.4, -0.2) is 31.9 Å². The Balaban J connectivity index is 2.79. The Morgan fingerprint density at radius 3 is 2.47 bits per heavy atom. The van der Waals surface area contributed by atoms with Crippen LogP contribution in [0.1, 0.15) is 24.2 Å². The number of carbonyl (C=O) groups excluding carboxylic acids is 1. The molecule has 0 atom stereocenters. The third-order valence-electron chi connectivity index (χ3n) is 2.94. The molecule has 0 aliphatic rings. The smallest absolute Gasteiger partial charge is 0.251 e. The van der Waals surface area contributed by atoms with Crippen molar-refractivity contribution >= 4 is 37.4 Å². The molecule has 0 aliphatic heterocycles. The maximum absolute atomic E-state index is 11.9. The van der Waals surface area contributed by atoms with E-state index in [1.165, 1.54) is 0 Å². The first kappa shape index (κ1) is 16.0. The number of hydrogen-bond acceptors (Lipinski definition) is 4. The molecule has 1 aromatic carbocycles. The quantitative estimate of drug-likeness (QED) is 0.808. The second-order valence-corrected chi connectivity index (χ2v) is 8.45. The molecule has 0 saturated heterocycles. The highest BCUT2D eigenvalue weighted by Crippen LogP contribution is 2.20. The summed E-state index contributed by atoms with van der Waals surface area (Å²) in [4.78, 5) is 11.9. The number of carbonyl (C=O) groups is 1. The van der Waals surface area contributed by atoms with E-state index in [4.69, 9.17) is 5.73 Å². The summed E-state index contributed by atoms with van der Waals surface area (Å²) in [5.41, 5.74) is 6.59. The SMILES string of the molecule is CC(C)(CNC(=O)c1ccc(N)c(Br)c1)S(C)(=O)=O. The maximum atomic E-state index is 11.9. The number of nitrogens with two attached hydrogens (primary N) is 1. The monoisotopic (exact) mass is 348 g/mol. The average Bonchev–Trinajstić information content (AvgIpc) is 2.28. The van der Waals surface area contributed by atoms with Gasteiger partial charge in [-0.25, -0.2) is 8.42 Å². The van der Waals surface area contributed by atoms with Crippen LogP contribution in [0.2, 0.25) is 0 Å². The summed E-state index contributed by atoms with van der Waals surface area (Å²) < 4.78 is 22.7. The molecule has 7 heteroatoms. The van der Waals surface area contributed by atoms with Gasteiger partial charge in [-0.15, -0.1) is 0 Å². The van der Waals surface area contributed by atoms with Crippen LogP contribution >= 0.6 is 15.9 Å². The molecule has 1 aromatic rings. The Kier molecular flexibility index (Phi) is 4.63. The van der Waals surface area contributed by atoms with Crippen molar-refractivity contribution in [2.75, 3.05) is 18.5 Å². The van der Waals surface area contributed by atoms with Crippen molar-refractivity contribution in [2.24, 2.45) is 0 Å². The highest BCUT2D eigenvalue weighted by Gasteiger charge is 2.30. The van der Waals surface area contributed by atoms with Gasteiger partial charge in [0.1, 0.15) is 0 Å². The number of nitrogens with one attached hydrogen (secondary N) is 1. The van der Waals surface area contributed by atoms with Gasteiger partial charge in [-0.2, -0.15) is 0 Å². The Morgan fingerprint density at radius 2 is 2.00 bits per heavy atom. The number of rotatable bonds is 4. The van der Waals surface area contributed by atoms with Crippen LogP contribution in [0, 0.1) is 0 Å². The first-order valence-electron chi connectivity index (χ1n) is 5.57. The lowest BCUT2D eigenvalue weighted by atomic mass is 10.1. The van der Waals surface area contributed by atoms with Crippen LogP contribution in [0.15, 0.2) is 22.7 Å². The third-order valence-corrected chi connectivity index (χ3v) is 5.78. The van der Waals surface area contributed by atoms with Gasteiger partial charge in [0.2, 0.25) is 0 Å². The predicted octanol–water partition coefficient (Wildman–Crippen LogP) is 1.58. The van der Waals surface area contributed by atoms with Crippen LogP contribution in [0.3, 0.4) is 0 Å². The Labute approximate surface area is 121 Å². The molecule has 0 radical (unpaired) electrons. The summed E-state index contributed by atoms with van der Waals surface area (Å²) in [6.45, 7) is 3.19. The fourth-order valence-corrected chi connectivity index (χ4v) is 1.91. The van der Waals surface area contributed by atoms with Gasteiger partial charge in [0, 0.05) is 28.5 Å². The molecule has 0 saturated carbocycles. The summed E-state index contributed by atoms with van der Waals surface area (Å²) >= 11 is 3.24. The number of sulfone groups is 1. The van der Waals surface area contributed by atoms with Crippen molar-refractivity contribution in [3.05, 3.63) is 28.2 Å². The zero-order valence-electron chi connectivity index (χ0n) is 11.0. The predicted molar refractivity (Wildman–Crippen MR) is 79.8 cm³/mol.